The molecule has 2 saturated carbocycles. The van der Waals surface area contributed by atoms with Crippen LogP contribution in [0.4, 0.5) is 5.69 Å². The standard InChI is InChI=1S/C18H21N5O2/c1-10-2-7-14(20-15(24)9-19-18(25)12-5-6-12)13(8-10)17-21-16(22-23-17)11-3-4-11/h2,7-8,11-12H,3-6,9H2,1H3,(H,19,25)(H,20,24)(H,21,22,23). The van der Waals surface area contributed by atoms with Gasteiger partial charge in [-0.3, -0.25) is 14.7 Å². The highest BCUT2D eigenvalue weighted by Gasteiger charge is 2.30. The van der Waals surface area contributed by atoms with E-state index in [9.17, 15) is 9.59 Å². The van der Waals surface area contributed by atoms with Gasteiger partial charge in [-0.1, -0.05) is 11.6 Å². The van der Waals surface area contributed by atoms with Crippen molar-refractivity contribution in [3.05, 3.63) is 29.6 Å². The maximum atomic E-state index is 12.2. The Hall–Kier alpha value is -2.70. The number of H-pyrrole nitrogens is 1. The summed E-state index contributed by atoms with van der Waals surface area (Å²) in [6.07, 6.45) is 4.13. The fourth-order valence-electron chi connectivity index (χ4n) is 2.74. The van der Waals surface area contributed by atoms with Gasteiger partial charge in [0.2, 0.25) is 11.8 Å². The Morgan fingerprint density at radius 2 is 2.04 bits per heavy atom. The number of amides is 2. The first-order valence-electron chi connectivity index (χ1n) is 8.71. The number of benzene rings is 1. The molecule has 2 aliphatic carbocycles. The van der Waals surface area contributed by atoms with E-state index in [1.165, 1.54) is 0 Å². The zero-order valence-corrected chi connectivity index (χ0v) is 14.1. The van der Waals surface area contributed by atoms with Crippen LogP contribution in [-0.2, 0) is 9.59 Å². The molecule has 2 fully saturated rings. The number of rotatable bonds is 6. The Balaban J connectivity index is 1.48. The third-order valence-electron chi connectivity index (χ3n) is 4.53. The van der Waals surface area contributed by atoms with Crippen LogP contribution in [0, 0.1) is 12.8 Å². The zero-order valence-electron chi connectivity index (χ0n) is 14.1. The molecule has 1 aromatic carbocycles. The Kier molecular flexibility index (Phi) is 3.99. The average Bonchev–Trinajstić information content (AvgIpc) is 3.52. The Morgan fingerprint density at radius 1 is 1.24 bits per heavy atom. The molecule has 0 aliphatic heterocycles. The van der Waals surface area contributed by atoms with E-state index in [1.807, 2.05) is 25.1 Å². The molecule has 0 radical (unpaired) electrons. The van der Waals surface area contributed by atoms with E-state index in [4.69, 9.17) is 0 Å². The Morgan fingerprint density at radius 3 is 2.76 bits per heavy atom. The van der Waals surface area contributed by atoms with Gasteiger partial charge in [-0.25, -0.2) is 4.98 Å². The topological polar surface area (TPSA) is 99.8 Å². The number of carbonyl (C=O) groups is 2. The lowest BCUT2D eigenvalue weighted by molar-refractivity contribution is -0.125. The number of hydrogen-bond acceptors (Lipinski definition) is 4. The summed E-state index contributed by atoms with van der Waals surface area (Å²) in [5.74, 6) is 1.78. The van der Waals surface area contributed by atoms with Crippen LogP contribution in [0.3, 0.4) is 0 Å². The number of aromatic amines is 1. The van der Waals surface area contributed by atoms with Crippen molar-refractivity contribution in [2.75, 3.05) is 11.9 Å². The van der Waals surface area contributed by atoms with Gasteiger partial charge in [0, 0.05) is 17.4 Å². The minimum absolute atomic E-state index is 0.0238. The molecule has 7 heteroatoms. The van der Waals surface area contributed by atoms with Crippen molar-refractivity contribution < 1.29 is 9.59 Å². The highest BCUT2D eigenvalue weighted by molar-refractivity contribution is 5.97. The molecule has 0 unspecified atom stereocenters. The van der Waals surface area contributed by atoms with Crippen molar-refractivity contribution >= 4 is 17.5 Å². The van der Waals surface area contributed by atoms with Gasteiger partial charge >= 0.3 is 0 Å². The summed E-state index contributed by atoms with van der Waals surface area (Å²) in [6.45, 7) is 1.96. The second-order valence-electron chi connectivity index (χ2n) is 6.91. The molecule has 0 bridgehead atoms. The molecule has 4 rings (SSSR count). The van der Waals surface area contributed by atoms with Crippen molar-refractivity contribution in [1.29, 1.82) is 0 Å². The third kappa shape index (κ3) is 3.70. The zero-order chi connectivity index (χ0) is 17.4. The highest BCUT2D eigenvalue weighted by atomic mass is 16.2. The maximum absolute atomic E-state index is 12.2. The monoisotopic (exact) mass is 339 g/mol. The normalized spacial score (nSPS) is 16.5. The molecule has 0 atom stereocenters. The van der Waals surface area contributed by atoms with Crippen LogP contribution in [-0.4, -0.2) is 33.5 Å². The first-order chi connectivity index (χ1) is 12.1. The van der Waals surface area contributed by atoms with Crippen LogP contribution >= 0.6 is 0 Å². The summed E-state index contributed by atoms with van der Waals surface area (Å²) in [5.41, 5.74) is 2.50. The summed E-state index contributed by atoms with van der Waals surface area (Å²) in [5, 5.41) is 12.8. The van der Waals surface area contributed by atoms with Crippen LogP contribution < -0.4 is 10.6 Å². The molecule has 7 nitrogen and oxygen atoms in total. The number of carbonyl (C=O) groups excluding carboxylic acids is 2. The van der Waals surface area contributed by atoms with Crippen LogP contribution in [0.15, 0.2) is 18.2 Å². The van der Waals surface area contributed by atoms with Gasteiger partial charge < -0.3 is 10.6 Å². The minimum atomic E-state index is -0.253. The van der Waals surface area contributed by atoms with Crippen molar-refractivity contribution in [2.24, 2.45) is 5.92 Å². The molecular formula is C18H21N5O2. The van der Waals surface area contributed by atoms with Gasteiger partial charge in [0.15, 0.2) is 5.82 Å². The molecular weight excluding hydrogens is 318 g/mol. The van der Waals surface area contributed by atoms with Crippen molar-refractivity contribution in [2.45, 2.75) is 38.5 Å². The number of hydrogen-bond donors (Lipinski definition) is 3. The fraction of sp³-hybridized carbons (Fsp3) is 0.444. The van der Waals surface area contributed by atoms with E-state index < -0.39 is 0 Å². The molecule has 1 aromatic heterocycles. The van der Waals surface area contributed by atoms with Gasteiger partial charge in [0.1, 0.15) is 5.82 Å². The third-order valence-corrected chi connectivity index (χ3v) is 4.53. The predicted octanol–water partition coefficient (Wildman–Crippen LogP) is 2.12. The van der Waals surface area contributed by atoms with Crippen LogP contribution in [0.2, 0.25) is 0 Å². The predicted molar refractivity (Wildman–Crippen MR) is 92.9 cm³/mol. The minimum Gasteiger partial charge on any atom is -0.347 e. The summed E-state index contributed by atoms with van der Waals surface area (Å²) in [6, 6.07) is 5.73. The van der Waals surface area contributed by atoms with E-state index in [2.05, 4.69) is 25.8 Å². The second-order valence-corrected chi connectivity index (χ2v) is 6.91. The van der Waals surface area contributed by atoms with Gasteiger partial charge in [-0.05, 0) is 44.7 Å². The van der Waals surface area contributed by atoms with Gasteiger partial charge in [0.25, 0.3) is 0 Å². The van der Waals surface area contributed by atoms with Crippen LogP contribution in [0.5, 0.6) is 0 Å². The van der Waals surface area contributed by atoms with E-state index in [0.29, 0.717) is 17.4 Å². The summed E-state index contributed by atoms with van der Waals surface area (Å²) < 4.78 is 0. The molecule has 2 aliphatic rings. The Bertz CT molecular complexity index is 821. The van der Waals surface area contributed by atoms with E-state index >= 15 is 0 Å². The number of nitrogens with one attached hydrogen (secondary N) is 3. The first-order valence-corrected chi connectivity index (χ1v) is 8.71. The molecule has 130 valence electrons. The lowest BCUT2D eigenvalue weighted by Crippen LogP contribution is -2.33. The molecule has 0 saturated heterocycles. The van der Waals surface area contributed by atoms with Gasteiger partial charge in [-0.15, -0.1) is 0 Å². The lowest BCUT2D eigenvalue weighted by Gasteiger charge is -2.10. The molecule has 2 aromatic rings. The molecule has 0 spiro atoms. The molecule has 3 N–H and O–H groups in total. The summed E-state index contributed by atoms with van der Waals surface area (Å²) >= 11 is 0. The number of anilines is 1. The molecule has 25 heavy (non-hydrogen) atoms. The number of aromatic nitrogens is 3. The maximum Gasteiger partial charge on any atom is 0.243 e. The van der Waals surface area contributed by atoms with Gasteiger partial charge in [0.05, 0.1) is 12.2 Å². The average molecular weight is 339 g/mol. The summed E-state index contributed by atoms with van der Waals surface area (Å²) in [4.78, 5) is 28.4. The largest absolute Gasteiger partial charge is 0.347 e. The van der Waals surface area contributed by atoms with E-state index in [0.717, 1.165) is 42.6 Å². The van der Waals surface area contributed by atoms with E-state index in [1.54, 1.807) is 0 Å². The van der Waals surface area contributed by atoms with E-state index in [-0.39, 0.29) is 24.3 Å². The van der Waals surface area contributed by atoms with Crippen molar-refractivity contribution in [3.8, 4) is 11.4 Å². The Labute approximate surface area is 145 Å². The fourth-order valence-corrected chi connectivity index (χ4v) is 2.74. The van der Waals surface area contributed by atoms with Crippen molar-refractivity contribution in [3.63, 3.8) is 0 Å². The van der Waals surface area contributed by atoms with Crippen molar-refractivity contribution in [1.82, 2.24) is 20.5 Å². The second kappa shape index (κ2) is 6.31. The van der Waals surface area contributed by atoms with Crippen LogP contribution in [0.25, 0.3) is 11.4 Å². The molecule has 2 amide bonds. The van der Waals surface area contributed by atoms with Crippen LogP contribution in [0.1, 0.15) is 43.0 Å². The SMILES string of the molecule is Cc1ccc(NC(=O)CNC(=O)C2CC2)c(-c2n[nH]c(C3CC3)n2)c1. The number of nitrogens with zero attached hydrogens (tertiary/aromatic N) is 2. The smallest absolute Gasteiger partial charge is 0.243 e. The first kappa shape index (κ1) is 15.8. The molecule has 1 heterocycles. The van der Waals surface area contributed by atoms with Gasteiger partial charge in [-0.2, -0.15) is 5.10 Å². The highest BCUT2D eigenvalue weighted by Crippen LogP contribution is 2.39. The quantitative estimate of drug-likeness (QED) is 0.750. The summed E-state index contributed by atoms with van der Waals surface area (Å²) in [7, 11) is 0. The number of aryl methyl sites for hydroxylation is 1. The lowest BCUT2D eigenvalue weighted by atomic mass is 10.1.